The van der Waals surface area contributed by atoms with Gasteiger partial charge in [-0.2, -0.15) is 0 Å². The molecule has 0 aliphatic carbocycles. The van der Waals surface area contributed by atoms with E-state index in [1.807, 2.05) is 0 Å². The molecule has 0 radical (unpaired) electrons. The summed E-state index contributed by atoms with van der Waals surface area (Å²) < 4.78 is 0. The van der Waals surface area contributed by atoms with E-state index in [2.05, 4.69) is 0 Å². The van der Waals surface area contributed by atoms with E-state index in [4.69, 9.17) is 4.79 Å². The van der Waals surface area contributed by atoms with Crippen LogP contribution in [0.1, 0.15) is 6.92 Å². The van der Waals surface area contributed by atoms with Gasteiger partial charge in [0.05, 0.1) is 0 Å². The number of hydrogen-bond acceptors (Lipinski definition) is 1. The predicted octanol–water partition coefficient (Wildman–Crippen LogP) is -0.979. The van der Waals surface area contributed by atoms with E-state index >= 15 is 0 Å². The third-order valence-electron chi connectivity index (χ3n) is 0. The molecule has 0 saturated heterocycles. The summed E-state index contributed by atoms with van der Waals surface area (Å²) in [6, 6.07) is 0. The molecule has 0 unspecified atom stereocenters. The van der Waals surface area contributed by atoms with Crippen molar-refractivity contribution in [3.05, 3.63) is 0 Å². The van der Waals surface area contributed by atoms with Crippen molar-refractivity contribution >= 4 is 32.1 Å². The topological polar surface area (TPSA) is 17.1 Å². The fraction of sp³-hybridized carbons (Fsp3) is 0.500. The van der Waals surface area contributed by atoms with Crippen molar-refractivity contribution in [2.75, 3.05) is 0 Å². The Balaban J connectivity index is 0. The van der Waals surface area contributed by atoms with Crippen molar-refractivity contribution in [1.82, 2.24) is 0 Å². The summed E-state index contributed by atoms with van der Waals surface area (Å²) in [4.78, 5) is 8.81. The van der Waals surface area contributed by atoms with Gasteiger partial charge in [-0.25, -0.2) is 0 Å². The minimum absolute atomic E-state index is 0. The molecule has 24 valence electrons. The van der Waals surface area contributed by atoms with Gasteiger partial charge in [0, 0.05) is 0 Å². The molecule has 0 bridgehead atoms. The van der Waals surface area contributed by atoms with Gasteiger partial charge in [0.1, 0.15) is 6.29 Å². The van der Waals surface area contributed by atoms with Gasteiger partial charge in [0.2, 0.25) is 0 Å². The number of carbonyl (C=O) groups excluding carboxylic acids is 1. The molecule has 0 aliphatic heterocycles. The van der Waals surface area contributed by atoms with E-state index in [0.717, 1.165) is 6.29 Å². The van der Waals surface area contributed by atoms with Crippen LogP contribution in [0.15, 0.2) is 0 Å². The van der Waals surface area contributed by atoms with Gasteiger partial charge in [-0.15, -0.1) is 0 Å². The standard InChI is InChI=1S/C2H4O.In.3H/c1-2-3;;;;/h2H,1H3;;;;. The summed E-state index contributed by atoms with van der Waals surface area (Å²) in [6.45, 7) is 1.44. The minimum atomic E-state index is 0. The molecule has 0 saturated carbocycles. The molecule has 0 N–H and O–H groups in total. The van der Waals surface area contributed by atoms with Crippen LogP contribution in [0.3, 0.4) is 0 Å². The summed E-state index contributed by atoms with van der Waals surface area (Å²) in [6.07, 6.45) is 0.750. The molecule has 0 aromatic rings. The first kappa shape index (κ1) is 8.82. The zero-order valence-electron chi connectivity index (χ0n) is 1.99. The van der Waals surface area contributed by atoms with Crippen LogP contribution in [-0.2, 0) is 4.79 Å². The van der Waals surface area contributed by atoms with Gasteiger partial charge in [0.25, 0.3) is 0 Å². The van der Waals surface area contributed by atoms with Crippen molar-refractivity contribution in [2.45, 2.75) is 6.92 Å². The predicted molar refractivity (Wildman–Crippen MR) is 21.7 cm³/mol. The van der Waals surface area contributed by atoms with E-state index in [1.165, 1.54) is 6.92 Å². The van der Waals surface area contributed by atoms with E-state index in [9.17, 15) is 0 Å². The molecule has 1 nitrogen and oxygen atoms in total. The molecule has 0 spiro atoms. The van der Waals surface area contributed by atoms with Crippen LogP contribution in [-0.4, -0.2) is 32.1 Å². The first-order valence-corrected chi connectivity index (χ1v) is 0.813. The molecule has 0 atom stereocenters. The van der Waals surface area contributed by atoms with Crippen molar-refractivity contribution in [2.24, 2.45) is 0 Å². The van der Waals surface area contributed by atoms with Crippen molar-refractivity contribution in [1.29, 1.82) is 0 Å². The zero-order valence-corrected chi connectivity index (χ0v) is 1.99. The first-order chi connectivity index (χ1) is 1.41. The van der Waals surface area contributed by atoms with Gasteiger partial charge < -0.3 is 4.79 Å². The number of carbonyl (C=O) groups is 1. The van der Waals surface area contributed by atoms with E-state index < -0.39 is 0 Å². The van der Waals surface area contributed by atoms with E-state index in [1.54, 1.807) is 0 Å². The fourth-order valence-corrected chi connectivity index (χ4v) is 0. The molecular weight excluding hydrogens is 155 g/mol. The van der Waals surface area contributed by atoms with Crippen LogP contribution in [0.25, 0.3) is 0 Å². The summed E-state index contributed by atoms with van der Waals surface area (Å²) in [5.41, 5.74) is 0. The van der Waals surface area contributed by atoms with Gasteiger partial charge in [0.15, 0.2) is 0 Å². The molecule has 0 rings (SSSR count). The quantitative estimate of drug-likeness (QED) is 0.418. The van der Waals surface area contributed by atoms with E-state index in [0.29, 0.717) is 0 Å². The zero-order chi connectivity index (χ0) is 2.71. The molecule has 0 aromatic carbocycles. The second-order valence-corrected chi connectivity index (χ2v) is 0.236. The summed E-state index contributed by atoms with van der Waals surface area (Å²) >= 11 is 0. The van der Waals surface area contributed by atoms with Crippen LogP contribution in [0.5, 0.6) is 0 Å². The van der Waals surface area contributed by atoms with Gasteiger partial charge in [-0.3, -0.25) is 0 Å². The Kier molecular flexibility index (Phi) is 21.2. The summed E-state index contributed by atoms with van der Waals surface area (Å²) in [7, 11) is 0. The second kappa shape index (κ2) is 9.63. The first-order valence-electron chi connectivity index (χ1n) is 0.813. The summed E-state index contributed by atoms with van der Waals surface area (Å²) in [5.74, 6) is 0. The number of aldehydes is 1. The van der Waals surface area contributed by atoms with Crippen molar-refractivity contribution < 1.29 is 4.79 Å². The van der Waals surface area contributed by atoms with Crippen LogP contribution in [0.2, 0.25) is 0 Å². The second-order valence-electron chi connectivity index (χ2n) is 0.236. The number of hydrogen-bond donors (Lipinski definition) is 0. The van der Waals surface area contributed by atoms with Gasteiger partial charge in [-0.1, -0.05) is 0 Å². The Bertz CT molecular complexity index is 13.5. The third kappa shape index (κ3) is 20.7. The Hall–Kier alpha value is 0.540. The third-order valence-corrected chi connectivity index (χ3v) is 0. The molecule has 0 heterocycles. The van der Waals surface area contributed by atoms with Crippen molar-refractivity contribution in [3.8, 4) is 0 Å². The van der Waals surface area contributed by atoms with Crippen LogP contribution >= 0.6 is 0 Å². The maximum atomic E-state index is 8.81. The SMILES string of the molecule is CC=O.[InH3]. The average molecular weight is 162 g/mol. The molecule has 0 fully saturated rings. The molecular formula is C2H7InO. The fourth-order valence-electron chi connectivity index (χ4n) is 0. The number of rotatable bonds is 0. The van der Waals surface area contributed by atoms with Gasteiger partial charge >= 0.3 is 25.8 Å². The summed E-state index contributed by atoms with van der Waals surface area (Å²) in [5, 5.41) is 0. The molecule has 0 amide bonds. The normalized spacial score (nSPS) is 3.25. The molecule has 4 heavy (non-hydrogen) atoms. The van der Waals surface area contributed by atoms with Crippen LogP contribution < -0.4 is 0 Å². The van der Waals surface area contributed by atoms with Crippen LogP contribution in [0.4, 0.5) is 0 Å². The monoisotopic (exact) mass is 162 g/mol. The molecule has 2 heteroatoms. The van der Waals surface area contributed by atoms with Crippen LogP contribution in [0, 0.1) is 0 Å². The Morgan fingerprint density at radius 1 is 1.75 bits per heavy atom. The van der Waals surface area contributed by atoms with Crippen molar-refractivity contribution in [3.63, 3.8) is 0 Å². The Morgan fingerprint density at radius 2 is 1.75 bits per heavy atom. The van der Waals surface area contributed by atoms with E-state index in [-0.39, 0.29) is 25.8 Å². The molecule has 0 aliphatic rings. The Morgan fingerprint density at radius 3 is 1.75 bits per heavy atom. The Labute approximate surface area is 44.2 Å². The molecule has 0 aromatic heterocycles. The maximum absolute atomic E-state index is 8.81. The average Bonchev–Trinajstić information content (AvgIpc) is 0.918. The van der Waals surface area contributed by atoms with Gasteiger partial charge in [-0.05, 0) is 6.92 Å².